The van der Waals surface area contributed by atoms with Gasteiger partial charge in [-0.1, -0.05) is 27.2 Å². The number of carbonyl (C=O) groups is 1. The van der Waals surface area contributed by atoms with E-state index in [1.165, 1.54) is 0 Å². The molecule has 1 saturated carbocycles. The Morgan fingerprint density at radius 2 is 1.94 bits per heavy atom. The van der Waals surface area contributed by atoms with Gasteiger partial charge in [0.2, 0.25) is 0 Å². The van der Waals surface area contributed by atoms with Crippen molar-refractivity contribution in [2.75, 3.05) is 6.61 Å². The van der Waals surface area contributed by atoms with Gasteiger partial charge in [-0.3, -0.25) is 4.79 Å². The minimum Gasteiger partial charge on any atom is -0.417 e. The number of carbonyl (C=O) groups excluding carboxylic acids is 1. The normalized spacial score (nSPS) is 21.6. The summed E-state index contributed by atoms with van der Waals surface area (Å²) in [4.78, 5) is 11.5. The second kappa shape index (κ2) is 6.33. The van der Waals surface area contributed by atoms with Gasteiger partial charge in [0.05, 0.1) is 0 Å². The molecule has 0 spiro atoms. The van der Waals surface area contributed by atoms with E-state index in [1.807, 2.05) is 0 Å². The summed E-state index contributed by atoms with van der Waals surface area (Å²) in [5.41, 5.74) is 0. The van der Waals surface area contributed by atoms with Gasteiger partial charge in [0.15, 0.2) is 8.32 Å². The third-order valence-electron chi connectivity index (χ3n) is 4.65. The second-order valence-corrected chi connectivity index (χ2v) is 12.0. The summed E-state index contributed by atoms with van der Waals surface area (Å²) in [5.74, 6) is 0.873. The second-order valence-electron chi connectivity index (χ2n) is 7.16. The number of unbranched alkanes of at least 4 members (excludes halogenated alkanes) is 1. The maximum absolute atomic E-state index is 11.5. The van der Waals surface area contributed by atoms with Crippen LogP contribution in [0.4, 0.5) is 0 Å². The predicted octanol–water partition coefficient (Wildman–Crippen LogP) is 4.55. The van der Waals surface area contributed by atoms with Crippen molar-refractivity contribution < 1.29 is 9.22 Å². The third-order valence-corrected chi connectivity index (χ3v) is 9.19. The Bertz CT molecular complexity index is 279. The molecule has 1 unspecified atom stereocenters. The lowest BCUT2D eigenvalue weighted by atomic mass is 10.00. The first-order valence-corrected chi connectivity index (χ1v) is 10.3. The zero-order chi connectivity index (χ0) is 13.8. The van der Waals surface area contributed by atoms with Crippen LogP contribution in [0.2, 0.25) is 18.1 Å². The number of hydrogen-bond acceptors (Lipinski definition) is 2. The standard InChI is InChI=1S/C15H30O2Si/c1-15(2,3)18(4,5)17-12-7-6-9-13-10-8-11-14(13)16/h13H,6-12H2,1-5H3. The Balaban J connectivity index is 2.14. The first kappa shape index (κ1) is 15.9. The maximum atomic E-state index is 11.5. The zero-order valence-corrected chi connectivity index (χ0v) is 13.8. The lowest BCUT2D eigenvalue weighted by molar-refractivity contribution is -0.120. The van der Waals surface area contributed by atoms with Gasteiger partial charge in [0.25, 0.3) is 0 Å². The van der Waals surface area contributed by atoms with E-state index in [1.54, 1.807) is 0 Å². The summed E-state index contributed by atoms with van der Waals surface area (Å²) in [7, 11) is -1.57. The molecule has 0 aliphatic heterocycles. The van der Waals surface area contributed by atoms with Crippen molar-refractivity contribution in [1.82, 2.24) is 0 Å². The van der Waals surface area contributed by atoms with Crippen LogP contribution >= 0.6 is 0 Å². The van der Waals surface area contributed by atoms with Crippen LogP contribution in [0, 0.1) is 5.92 Å². The first-order valence-electron chi connectivity index (χ1n) is 7.41. The van der Waals surface area contributed by atoms with E-state index in [0.717, 1.165) is 45.1 Å². The Hall–Kier alpha value is -0.153. The van der Waals surface area contributed by atoms with Gasteiger partial charge < -0.3 is 4.43 Å². The lowest BCUT2D eigenvalue weighted by Crippen LogP contribution is -2.40. The molecular formula is C15H30O2Si. The summed E-state index contributed by atoms with van der Waals surface area (Å²) < 4.78 is 6.14. The molecule has 1 aliphatic carbocycles. The van der Waals surface area contributed by atoms with Gasteiger partial charge >= 0.3 is 0 Å². The summed E-state index contributed by atoms with van der Waals surface area (Å²) in [5, 5.41) is 0.300. The third kappa shape index (κ3) is 4.50. The molecule has 1 fully saturated rings. The zero-order valence-electron chi connectivity index (χ0n) is 12.8. The van der Waals surface area contributed by atoms with Crippen LogP contribution in [0.1, 0.15) is 59.3 Å². The van der Waals surface area contributed by atoms with E-state index >= 15 is 0 Å². The Kier molecular flexibility index (Phi) is 5.59. The molecule has 0 amide bonds. The quantitative estimate of drug-likeness (QED) is 0.523. The monoisotopic (exact) mass is 270 g/mol. The van der Waals surface area contributed by atoms with Crippen LogP contribution in [0.5, 0.6) is 0 Å². The molecule has 0 bridgehead atoms. The minimum atomic E-state index is -1.57. The van der Waals surface area contributed by atoms with E-state index < -0.39 is 8.32 Å². The largest absolute Gasteiger partial charge is 0.417 e. The van der Waals surface area contributed by atoms with Gasteiger partial charge in [-0.15, -0.1) is 0 Å². The fourth-order valence-electron chi connectivity index (χ4n) is 2.23. The van der Waals surface area contributed by atoms with Crippen LogP contribution < -0.4 is 0 Å². The van der Waals surface area contributed by atoms with Crippen molar-refractivity contribution in [3.63, 3.8) is 0 Å². The van der Waals surface area contributed by atoms with Crippen LogP contribution in [0.3, 0.4) is 0 Å². The van der Waals surface area contributed by atoms with Gasteiger partial charge in [-0.2, -0.15) is 0 Å². The van der Waals surface area contributed by atoms with Crippen LogP contribution in [-0.2, 0) is 9.22 Å². The number of Topliss-reactive ketones (excluding diaryl/α,β-unsaturated/α-hetero) is 1. The Labute approximate surface area is 114 Å². The number of rotatable bonds is 6. The summed E-state index contributed by atoms with van der Waals surface area (Å²) in [6.07, 6.45) is 6.40. The van der Waals surface area contributed by atoms with E-state index in [2.05, 4.69) is 33.9 Å². The van der Waals surface area contributed by atoms with Crippen molar-refractivity contribution >= 4 is 14.1 Å². The Morgan fingerprint density at radius 1 is 1.28 bits per heavy atom. The molecule has 0 saturated heterocycles. The SMILES string of the molecule is CC(C)(C)[Si](C)(C)OCCCCC1CCCC1=O. The fraction of sp³-hybridized carbons (Fsp3) is 0.933. The lowest BCUT2D eigenvalue weighted by Gasteiger charge is -2.36. The van der Waals surface area contributed by atoms with E-state index in [0.29, 0.717) is 16.7 Å². The average Bonchev–Trinajstić information content (AvgIpc) is 2.62. The molecule has 2 nitrogen and oxygen atoms in total. The van der Waals surface area contributed by atoms with Crippen molar-refractivity contribution in [3.8, 4) is 0 Å². The van der Waals surface area contributed by atoms with Gasteiger partial charge in [-0.25, -0.2) is 0 Å². The molecule has 1 rings (SSSR count). The topological polar surface area (TPSA) is 26.3 Å². The molecule has 0 radical (unpaired) electrons. The molecular weight excluding hydrogens is 240 g/mol. The molecule has 106 valence electrons. The molecule has 0 aromatic carbocycles. The molecule has 0 aromatic heterocycles. The molecule has 1 atom stereocenters. The van der Waals surface area contributed by atoms with E-state index in [-0.39, 0.29) is 0 Å². The highest BCUT2D eigenvalue weighted by atomic mass is 28.4. The molecule has 0 heterocycles. The van der Waals surface area contributed by atoms with Crippen molar-refractivity contribution in [3.05, 3.63) is 0 Å². The minimum absolute atomic E-state index is 0.300. The summed E-state index contributed by atoms with van der Waals surface area (Å²) in [6.45, 7) is 12.3. The molecule has 1 aliphatic rings. The van der Waals surface area contributed by atoms with Gasteiger partial charge in [-0.05, 0) is 43.8 Å². The molecule has 0 N–H and O–H groups in total. The van der Waals surface area contributed by atoms with Crippen LogP contribution in [-0.4, -0.2) is 20.7 Å². The fourth-order valence-corrected chi connectivity index (χ4v) is 3.32. The first-order chi connectivity index (χ1) is 8.24. The van der Waals surface area contributed by atoms with Gasteiger partial charge in [0.1, 0.15) is 5.78 Å². The van der Waals surface area contributed by atoms with E-state index in [9.17, 15) is 4.79 Å². The molecule has 3 heteroatoms. The highest BCUT2D eigenvalue weighted by molar-refractivity contribution is 6.74. The maximum Gasteiger partial charge on any atom is 0.191 e. The average molecular weight is 270 g/mol. The van der Waals surface area contributed by atoms with Crippen LogP contribution in [0.15, 0.2) is 0 Å². The Morgan fingerprint density at radius 3 is 2.44 bits per heavy atom. The summed E-state index contributed by atoms with van der Waals surface area (Å²) in [6, 6.07) is 0. The van der Waals surface area contributed by atoms with Crippen molar-refractivity contribution in [1.29, 1.82) is 0 Å². The van der Waals surface area contributed by atoms with E-state index in [4.69, 9.17) is 4.43 Å². The smallest absolute Gasteiger partial charge is 0.191 e. The molecule has 0 aromatic rings. The van der Waals surface area contributed by atoms with Crippen molar-refractivity contribution in [2.45, 2.75) is 77.4 Å². The van der Waals surface area contributed by atoms with Crippen molar-refractivity contribution in [2.24, 2.45) is 5.92 Å². The number of hydrogen-bond donors (Lipinski definition) is 0. The number of ketones is 1. The highest BCUT2D eigenvalue weighted by Crippen LogP contribution is 2.36. The molecule has 18 heavy (non-hydrogen) atoms. The predicted molar refractivity (Wildman–Crippen MR) is 79.3 cm³/mol. The van der Waals surface area contributed by atoms with Crippen LogP contribution in [0.25, 0.3) is 0 Å². The highest BCUT2D eigenvalue weighted by Gasteiger charge is 2.36. The van der Waals surface area contributed by atoms with Gasteiger partial charge in [0, 0.05) is 18.9 Å². The summed E-state index contributed by atoms with van der Waals surface area (Å²) >= 11 is 0.